The van der Waals surface area contributed by atoms with Gasteiger partial charge in [-0.1, -0.05) is 32.9 Å². The van der Waals surface area contributed by atoms with Gasteiger partial charge in [0.05, 0.1) is 12.5 Å². The lowest BCUT2D eigenvalue weighted by Crippen LogP contribution is -2.24. The second kappa shape index (κ2) is 7.99. The molecule has 1 aromatic heterocycles. The third-order valence-corrected chi connectivity index (χ3v) is 4.51. The van der Waals surface area contributed by atoms with E-state index < -0.39 is 12.1 Å². The minimum atomic E-state index is -0.775. The number of hydrogen-bond donors (Lipinski definition) is 0. The van der Waals surface area contributed by atoms with E-state index in [1.54, 1.807) is 25.1 Å². The van der Waals surface area contributed by atoms with Crippen LogP contribution in [0.15, 0.2) is 57.9 Å². The fourth-order valence-corrected chi connectivity index (χ4v) is 2.80. The van der Waals surface area contributed by atoms with E-state index >= 15 is 0 Å². The lowest BCUT2D eigenvalue weighted by molar-refractivity contribution is -0.147. The molecule has 3 rings (SSSR count). The van der Waals surface area contributed by atoms with Crippen molar-refractivity contribution in [1.29, 1.82) is 0 Å². The van der Waals surface area contributed by atoms with Crippen LogP contribution >= 0.6 is 0 Å². The number of esters is 1. The normalized spacial score (nSPS) is 12.4. The Morgan fingerprint density at radius 1 is 1.03 bits per heavy atom. The maximum atomic E-state index is 12.7. The van der Waals surface area contributed by atoms with Gasteiger partial charge in [-0.2, -0.15) is 0 Å². The van der Waals surface area contributed by atoms with E-state index in [2.05, 4.69) is 25.5 Å². The fraction of sp³-hybridized carbons (Fsp3) is 0.304. The molecule has 0 amide bonds. The molecule has 0 aliphatic carbocycles. The number of ether oxygens (including phenoxy) is 3. The van der Waals surface area contributed by atoms with Crippen LogP contribution in [0.1, 0.15) is 33.3 Å². The highest BCUT2D eigenvalue weighted by Crippen LogP contribution is 2.27. The SMILES string of the molecule is COC(=O)C(C)Oc1ccc2c(=O)c(Oc3ccc(C(C)(C)C)cc3)coc2c1. The minimum Gasteiger partial charge on any atom is -0.479 e. The topological polar surface area (TPSA) is 75.0 Å². The Morgan fingerprint density at radius 2 is 1.69 bits per heavy atom. The molecule has 152 valence electrons. The van der Waals surface area contributed by atoms with Crippen molar-refractivity contribution in [2.45, 2.75) is 39.2 Å². The summed E-state index contributed by atoms with van der Waals surface area (Å²) in [6, 6.07) is 12.3. The second-order valence-electron chi connectivity index (χ2n) is 7.75. The summed E-state index contributed by atoms with van der Waals surface area (Å²) in [6.45, 7) is 7.97. The van der Waals surface area contributed by atoms with Crippen LogP contribution < -0.4 is 14.9 Å². The number of methoxy groups -OCH3 is 1. The zero-order valence-corrected chi connectivity index (χ0v) is 17.1. The monoisotopic (exact) mass is 396 g/mol. The minimum absolute atomic E-state index is 0.0334. The van der Waals surface area contributed by atoms with Crippen molar-refractivity contribution in [3.63, 3.8) is 0 Å². The van der Waals surface area contributed by atoms with Gasteiger partial charge < -0.3 is 18.6 Å². The lowest BCUT2D eigenvalue weighted by atomic mass is 9.87. The Morgan fingerprint density at radius 3 is 2.31 bits per heavy atom. The van der Waals surface area contributed by atoms with E-state index in [1.165, 1.54) is 18.9 Å². The van der Waals surface area contributed by atoms with E-state index in [1.807, 2.05) is 24.3 Å². The second-order valence-corrected chi connectivity index (χ2v) is 7.75. The van der Waals surface area contributed by atoms with Gasteiger partial charge in [0.1, 0.15) is 23.3 Å². The first-order valence-electron chi connectivity index (χ1n) is 9.27. The summed E-state index contributed by atoms with van der Waals surface area (Å²) in [6.07, 6.45) is 0.499. The van der Waals surface area contributed by atoms with Crippen LogP contribution in [0.4, 0.5) is 0 Å². The van der Waals surface area contributed by atoms with Crippen LogP contribution in [0.25, 0.3) is 11.0 Å². The van der Waals surface area contributed by atoms with Gasteiger partial charge in [-0.3, -0.25) is 4.79 Å². The molecule has 0 N–H and O–H groups in total. The number of rotatable bonds is 5. The van der Waals surface area contributed by atoms with E-state index in [0.717, 1.165) is 0 Å². The van der Waals surface area contributed by atoms with Crippen molar-refractivity contribution >= 4 is 16.9 Å². The van der Waals surface area contributed by atoms with Crippen LogP contribution in [0, 0.1) is 0 Å². The van der Waals surface area contributed by atoms with Crippen LogP contribution in [-0.4, -0.2) is 19.2 Å². The lowest BCUT2D eigenvalue weighted by Gasteiger charge is -2.19. The highest BCUT2D eigenvalue weighted by atomic mass is 16.6. The largest absolute Gasteiger partial charge is 0.479 e. The summed E-state index contributed by atoms with van der Waals surface area (Å²) in [5.41, 5.74) is 1.24. The highest BCUT2D eigenvalue weighted by Gasteiger charge is 2.17. The Labute approximate surface area is 169 Å². The smallest absolute Gasteiger partial charge is 0.346 e. The van der Waals surface area contributed by atoms with Crippen molar-refractivity contribution < 1.29 is 23.4 Å². The van der Waals surface area contributed by atoms with Gasteiger partial charge in [-0.05, 0) is 42.2 Å². The summed E-state index contributed by atoms with van der Waals surface area (Å²) in [5.74, 6) is 0.548. The number of benzene rings is 2. The van der Waals surface area contributed by atoms with Crippen molar-refractivity contribution in [3.8, 4) is 17.2 Å². The Balaban J connectivity index is 1.84. The number of carbonyl (C=O) groups excluding carboxylic acids is 1. The Kier molecular flexibility index (Phi) is 5.64. The van der Waals surface area contributed by atoms with E-state index in [-0.39, 0.29) is 16.6 Å². The standard InChI is InChI=1S/C23H24O6/c1-14(22(25)26-5)28-17-10-11-18-19(12-17)27-13-20(21(18)24)29-16-8-6-15(7-9-16)23(2,3)4/h6-14H,1-5H3. The molecule has 1 atom stereocenters. The third kappa shape index (κ3) is 4.59. The molecule has 0 saturated heterocycles. The molecule has 1 unspecified atom stereocenters. The van der Waals surface area contributed by atoms with Gasteiger partial charge in [0, 0.05) is 6.07 Å². The van der Waals surface area contributed by atoms with Gasteiger partial charge in [-0.25, -0.2) is 4.79 Å². The molecular formula is C23H24O6. The molecule has 0 bridgehead atoms. The molecular weight excluding hydrogens is 372 g/mol. The molecule has 1 heterocycles. The van der Waals surface area contributed by atoms with Gasteiger partial charge in [0.25, 0.3) is 0 Å². The van der Waals surface area contributed by atoms with Crippen LogP contribution in [0.3, 0.4) is 0 Å². The summed E-state index contributed by atoms with van der Waals surface area (Å²) >= 11 is 0. The van der Waals surface area contributed by atoms with E-state index in [0.29, 0.717) is 22.5 Å². The molecule has 29 heavy (non-hydrogen) atoms. The predicted octanol–water partition coefficient (Wildman–Crippen LogP) is 4.82. The quantitative estimate of drug-likeness (QED) is 0.576. The number of hydrogen-bond acceptors (Lipinski definition) is 6. The molecule has 6 nitrogen and oxygen atoms in total. The van der Waals surface area contributed by atoms with Gasteiger partial charge in [0.15, 0.2) is 6.10 Å². The molecule has 0 aliphatic rings. The zero-order chi connectivity index (χ0) is 21.2. The predicted molar refractivity (Wildman–Crippen MR) is 110 cm³/mol. The van der Waals surface area contributed by atoms with Gasteiger partial charge in [0.2, 0.25) is 11.2 Å². The summed E-state index contributed by atoms with van der Waals surface area (Å²) < 4.78 is 21.4. The Hall–Kier alpha value is -3.28. The van der Waals surface area contributed by atoms with Gasteiger partial charge >= 0.3 is 5.97 Å². The highest BCUT2D eigenvalue weighted by molar-refractivity contribution is 5.79. The Bertz CT molecular complexity index is 1070. The van der Waals surface area contributed by atoms with Crippen LogP contribution in [-0.2, 0) is 14.9 Å². The molecule has 0 fully saturated rings. The molecule has 0 saturated carbocycles. The van der Waals surface area contributed by atoms with E-state index in [4.69, 9.17) is 13.9 Å². The van der Waals surface area contributed by atoms with Crippen LogP contribution in [0.5, 0.6) is 17.2 Å². The molecule has 0 aliphatic heterocycles. The van der Waals surface area contributed by atoms with Crippen molar-refractivity contribution in [2.75, 3.05) is 7.11 Å². The molecule has 0 radical (unpaired) electrons. The van der Waals surface area contributed by atoms with Gasteiger partial charge in [-0.15, -0.1) is 0 Å². The first-order chi connectivity index (χ1) is 13.7. The number of carbonyl (C=O) groups is 1. The van der Waals surface area contributed by atoms with Crippen molar-refractivity contribution in [1.82, 2.24) is 0 Å². The average molecular weight is 396 g/mol. The van der Waals surface area contributed by atoms with Crippen molar-refractivity contribution in [3.05, 3.63) is 64.5 Å². The fourth-order valence-electron chi connectivity index (χ4n) is 2.80. The molecule has 6 heteroatoms. The van der Waals surface area contributed by atoms with E-state index in [9.17, 15) is 9.59 Å². The first-order valence-corrected chi connectivity index (χ1v) is 9.27. The maximum Gasteiger partial charge on any atom is 0.346 e. The summed E-state index contributed by atoms with van der Waals surface area (Å²) in [7, 11) is 1.29. The average Bonchev–Trinajstić information content (AvgIpc) is 2.69. The molecule has 3 aromatic rings. The molecule has 0 spiro atoms. The zero-order valence-electron chi connectivity index (χ0n) is 17.1. The number of fused-ring (bicyclic) bond motifs is 1. The summed E-state index contributed by atoms with van der Waals surface area (Å²) in [4.78, 5) is 24.2. The van der Waals surface area contributed by atoms with Crippen LogP contribution in [0.2, 0.25) is 0 Å². The van der Waals surface area contributed by atoms with Crippen molar-refractivity contribution in [2.24, 2.45) is 0 Å². The molecule has 2 aromatic carbocycles. The third-order valence-electron chi connectivity index (χ3n) is 4.51. The maximum absolute atomic E-state index is 12.7. The summed E-state index contributed by atoms with van der Waals surface area (Å²) in [5, 5.41) is 0.354. The first kappa shape index (κ1) is 20.5.